The van der Waals surface area contributed by atoms with Crippen LogP contribution in [0.15, 0.2) is 28.7 Å². The Labute approximate surface area is 103 Å². The van der Waals surface area contributed by atoms with Gasteiger partial charge in [0.15, 0.2) is 5.78 Å². The number of Topliss-reactive ketones (excluding diaryl/α,β-unsaturated/α-hetero) is 1. The van der Waals surface area contributed by atoms with Gasteiger partial charge in [-0.2, -0.15) is 5.26 Å². The number of hydrogen-bond acceptors (Lipinski definition) is 2. The second kappa shape index (κ2) is 4.80. The maximum Gasteiger partial charge on any atom is 0.157 e. The number of carbonyl (C=O) groups excluding carboxylic acids is 1. The van der Waals surface area contributed by atoms with Gasteiger partial charge >= 0.3 is 0 Å². The molecule has 16 heavy (non-hydrogen) atoms. The summed E-state index contributed by atoms with van der Waals surface area (Å²) < 4.78 is 0.842. The summed E-state index contributed by atoms with van der Waals surface area (Å²) in [5.41, 5.74) is 0.793. The first-order valence-corrected chi connectivity index (χ1v) is 6.21. The third kappa shape index (κ3) is 2.03. The zero-order chi connectivity index (χ0) is 11.5. The van der Waals surface area contributed by atoms with E-state index in [4.69, 9.17) is 5.26 Å². The molecule has 1 aliphatic carbocycles. The summed E-state index contributed by atoms with van der Waals surface area (Å²) in [6.07, 6.45) is 3.01. The van der Waals surface area contributed by atoms with Crippen LogP contribution in [0.1, 0.15) is 30.7 Å². The van der Waals surface area contributed by atoms with Crippen molar-refractivity contribution in [1.29, 1.82) is 5.26 Å². The molecule has 1 aromatic carbocycles. The summed E-state index contributed by atoms with van der Waals surface area (Å²) in [4.78, 5) is 12.1. The van der Waals surface area contributed by atoms with E-state index >= 15 is 0 Å². The van der Waals surface area contributed by atoms with Crippen molar-refractivity contribution in [2.75, 3.05) is 0 Å². The number of benzene rings is 1. The minimum atomic E-state index is -0.610. The number of nitriles is 1. The largest absolute Gasteiger partial charge is 0.298 e. The predicted octanol–water partition coefficient (Wildman–Crippen LogP) is 3.43. The minimum absolute atomic E-state index is 0.0839. The van der Waals surface area contributed by atoms with Crippen molar-refractivity contribution < 1.29 is 4.79 Å². The fourth-order valence-corrected chi connectivity index (χ4v) is 2.44. The van der Waals surface area contributed by atoms with Crippen molar-refractivity contribution in [2.45, 2.75) is 25.2 Å². The highest BCUT2D eigenvalue weighted by atomic mass is 79.9. The van der Waals surface area contributed by atoms with E-state index in [0.29, 0.717) is 0 Å². The SMILES string of the molecule is N#CC(C(=O)C1CCC1)c1ccccc1Br. The lowest BCUT2D eigenvalue weighted by Crippen LogP contribution is -2.27. The monoisotopic (exact) mass is 277 g/mol. The third-order valence-corrected chi connectivity index (χ3v) is 3.86. The number of nitrogens with zero attached hydrogens (tertiary/aromatic N) is 1. The second-order valence-corrected chi connectivity index (χ2v) is 4.97. The number of carbonyl (C=O) groups is 1. The first kappa shape index (κ1) is 11.3. The molecule has 82 valence electrons. The zero-order valence-corrected chi connectivity index (χ0v) is 10.4. The van der Waals surface area contributed by atoms with Crippen LogP contribution < -0.4 is 0 Å². The van der Waals surface area contributed by atoms with Crippen molar-refractivity contribution in [3.63, 3.8) is 0 Å². The standard InChI is InChI=1S/C13H12BrNO/c14-12-7-2-1-6-10(12)11(8-15)13(16)9-4-3-5-9/h1-2,6-7,9,11H,3-5H2. The molecule has 1 aromatic rings. The van der Waals surface area contributed by atoms with E-state index in [1.807, 2.05) is 24.3 Å². The van der Waals surface area contributed by atoms with Gasteiger partial charge < -0.3 is 0 Å². The second-order valence-electron chi connectivity index (χ2n) is 4.11. The average Bonchev–Trinajstić information content (AvgIpc) is 2.19. The molecule has 3 heteroatoms. The minimum Gasteiger partial charge on any atom is -0.298 e. The lowest BCUT2D eigenvalue weighted by atomic mass is 9.76. The van der Waals surface area contributed by atoms with Crippen molar-refractivity contribution >= 4 is 21.7 Å². The van der Waals surface area contributed by atoms with E-state index in [0.717, 1.165) is 29.3 Å². The summed E-state index contributed by atoms with van der Waals surface area (Å²) in [6, 6.07) is 9.58. The van der Waals surface area contributed by atoms with E-state index in [1.54, 1.807) is 0 Å². The van der Waals surface area contributed by atoms with Crippen LogP contribution in [-0.4, -0.2) is 5.78 Å². The van der Waals surface area contributed by atoms with Crippen LogP contribution in [-0.2, 0) is 4.79 Å². The van der Waals surface area contributed by atoms with Gasteiger partial charge in [0.25, 0.3) is 0 Å². The van der Waals surface area contributed by atoms with Gasteiger partial charge in [-0.15, -0.1) is 0 Å². The van der Waals surface area contributed by atoms with Gasteiger partial charge in [0.1, 0.15) is 5.92 Å². The molecule has 0 bridgehead atoms. The van der Waals surface area contributed by atoms with Crippen LogP contribution in [0.2, 0.25) is 0 Å². The van der Waals surface area contributed by atoms with E-state index in [2.05, 4.69) is 22.0 Å². The van der Waals surface area contributed by atoms with Crippen LogP contribution in [0.25, 0.3) is 0 Å². The Morgan fingerprint density at radius 3 is 2.62 bits per heavy atom. The van der Waals surface area contributed by atoms with Crippen molar-refractivity contribution in [1.82, 2.24) is 0 Å². The molecule has 0 saturated heterocycles. The number of hydrogen-bond donors (Lipinski definition) is 0. The summed E-state index contributed by atoms with van der Waals surface area (Å²) >= 11 is 3.39. The maximum atomic E-state index is 12.1. The topological polar surface area (TPSA) is 40.9 Å². The van der Waals surface area contributed by atoms with Crippen molar-refractivity contribution in [2.24, 2.45) is 5.92 Å². The molecule has 0 N–H and O–H groups in total. The molecular weight excluding hydrogens is 266 g/mol. The molecule has 0 amide bonds. The number of ketones is 1. The Morgan fingerprint density at radius 1 is 1.44 bits per heavy atom. The van der Waals surface area contributed by atoms with E-state index < -0.39 is 5.92 Å². The summed E-state index contributed by atoms with van der Waals surface area (Å²) in [5.74, 6) is -0.418. The van der Waals surface area contributed by atoms with E-state index in [-0.39, 0.29) is 11.7 Å². The molecule has 0 heterocycles. The molecule has 0 spiro atoms. The molecule has 0 aliphatic heterocycles. The average molecular weight is 278 g/mol. The molecule has 0 aromatic heterocycles. The fraction of sp³-hybridized carbons (Fsp3) is 0.385. The summed E-state index contributed by atoms with van der Waals surface area (Å²) in [7, 11) is 0. The molecule has 0 radical (unpaired) electrons. The van der Waals surface area contributed by atoms with E-state index in [9.17, 15) is 4.79 Å². The van der Waals surface area contributed by atoms with Crippen LogP contribution in [0.5, 0.6) is 0 Å². The first-order valence-electron chi connectivity index (χ1n) is 5.42. The van der Waals surface area contributed by atoms with Gasteiger partial charge in [-0.3, -0.25) is 4.79 Å². The van der Waals surface area contributed by atoms with Crippen LogP contribution in [0, 0.1) is 17.2 Å². The summed E-state index contributed by atoms with van der Waals surface area (Å²) in [5, 5.41) is 9.15. The molecular formula is C13H12BrNO. The lowest BCUT2D eigenvalue weighted by molar-refractivity contribution is -0.125. The maximum absolute atomic E-state index is 12.1. The Morgan fingerprint density at radius 2 is 2.12 bits per heavy atom. The third-order valence-electron chi connectivity index (χ3n) is 3.14. The summed E-state index contributed by atoms with van der Waals surface area (Å²) in [6.45, 7) is 0. The normalized spacial score (nSPS) is 17.2. The molecule has 1 unspecified atom stereocenters. The predicted molar refractivity (Wildman–Crippen MR) is 64.8 cm³/mol. The molecule has 1 aliphatic rings. The highest BCUT2D eigenvalue weighted by Gasteiger charge is 2.32. The number of rotatable bonds is 3. The molecule has 2 nitrogen and oxygen atoms in total. The fourth-order valence-electron chi connectivity index (χ4n) is 1.92. The van der Waals surface area contributed by atoms with Gasteiger partial charge in [0.05, 0.1) is 6.07 Å². The van der Waals surface area contributed by atoms with Gasteiger partial charge in [0.2, 0.25) is 0 Å². The quantitative estimate of drug-likeness (QED) is 0.849. The lowest BCUT2D eigenvalue weighted by Gasteiger charge is -2.26. The van der Waals surface area contributed by atoms with Crippen LogP contribution in [0.4, 0.5) is 0 Å². The zero-order valence-electron chi connectivity index (χ0n) is 8.82. The molecule has 1 atom stereocenters. The van der Waals surface area contributed by atoms with E-state index in [1.165, 1.54) is 0 Å². The first-order chi connectivity index (χ1) is 7.74. The van der Waals surface area contributed by atoms with Crippen LogP contribution >= 0.6 is 15.9 Å². The molecule has 2 rings (SSSR count). The Balaban J connectivity index is 2.26. The van der Waals surface area contributed by atoms with Gasteiger partial charge in [0, 0.05) is 10.4 Å². The number of halogens is 1. The van der Waals surface area contributed by atoms with Crippen molar-refractivity contribution in [3.05, 3.63) is 34.3 Å². The molecule has 1 saturated carbocycles. The van der Waals surface area contributed by atoms with Gasteiger partial charge in [-0.1, -0.05) is 40.5 Å². The molecule has 1 fully saturated rings. The van der Waals surface area contributed by atoms with Gasteiger partial charge in [-0.25, -0.2) is 0 Å². The Kier molecular flexibility index (Phi) is 3.40. The van der Waals surface area contributed by atoms with Gasteiger partial charge in [-0.05, 0) is 24.5 Å². The van der Waals surface area contributed by atoms with Crippen molar-refractivity contribution in [3.8, 4) is 6.07 Å². The Hall–Kier alpha value is -1.14. The highest BCUT2D eigenvalue weighted by molar-refractivity contribution is 9.10. The highest BCUT2D eigenvalue weighted by Crippen LogP contribution is 2.34. The Bertz CT molecular complexity index is 445. The van der Waals surface area contributed by atoms with Crippen LogP contribution in [0.3, 0.4) is 0 Å². The smallest absolute Gasteiger partial charge is 0.157 e.